The zero-order valence-electron chi connectivity index (χ0n) is 26.1. The molecule has 0 radical (unpaired) electrons. The molecule has 0 saturated carbocycles. The molecule has 0 bridgehead atoms. The lowest BCUT2D eigenvalue weighted by molar-refractivity contribution is 0.414. The molecule has 6 heteroatoms. The van der Waals surface area contributed by atoms with Crippen LogP contribution in [-0.4, -0.2) is 26.4 Å². The van der Waals surface area contributed by atoms with E-state index in [1.54, 1.807) is 13.3 Å². The molecule has 4 aromatic carbocycles. The zero-order valence-corrected chi connectivity index (χ0v) is 26.1. The van der Waals surface area contributed by atoms with Gasteiger partial charge in [-0.15, -0.1) is 0 Å². The highest BCUT2D eigenvalue weighted by Gasteiger charge is 2.16. The molecule has 7 aromatic rings. The van der Waals surface area contributed by atoms with Crippen LogP contribution in [0, 0.1) is 12.8 Å². The SMILES string of the molecule is CCC(C)Cc1cccc(C)c1-c1cnn(-c2cccc(Oc3ccc4c5ccccc5n(-c5cc(OC)ccn5)c4c3)c2)c1. The molecule has 45 heavy (non-hydrogen) atoms. The van der Waals surface area contributed by atoms with Gasteiger partial charge in [-0.1, -0.05) is 62.7 Å². The fraction of sp³-hybridized carbons (Fsp3) is 0.179. The fourth-order valence-corrected chi connectivity index (χ4v) is 6.16. The zero-order chi connectivity index (χ0) is 30.9. The Bertz CT molecular complexity index is 2140. The van der Waals surface area contributed by atoms with Gasteiger partial charge in [0.25, 0.3) is 0 Å². The number of nitrogens with zero attached hydrogens (tertiary/aromatic N) is 4. The number of aryl methyl sites for hydroxylation is 1. The van der Waals surface area contributed by atoms with Crippen LogP contribution in [0.5, 0.6) is 17.2 Å². The lowest BCUT2D eigenvalue weighted by Gasteiger charge is -2.14. The molecule has 224 valence electrons. The highest BCUT2D eigenvalue weighted by atomic mass is 16.5. The van der Waals surface area contributed by atoms with E-state index in [4.69, 9.17) is 14.6 Å². The topological polar surface area (TPSA) is 54.1 Å². The molecule has 1 unspecified atom stereocenters. The van der Waals surface area contributed by atoms with Gasteiger partial charge in [0.15, 0.2) is 0 Å². The minimum absolute atomic E-state index is 0.627. The molecular weight excluding hydrogens is 556 g/mol. The van der Waals surface area contributed by atoms with Crippen molar-refractivity contribution in [2.24, 2.45) is 5.92 Å². The van der Waals surface area contributed by atoms with Crippen LogP contribution in [0.15, 0.2) is 116 Å². The molecule has 1 atom stereocenters. The first-order valence-corrected chi connectivity index (χ1v) is 15.5. The van der Waals surface area contributed by atoms with Crippen molar-refractivity contribution in [3.63, 3.8) is 0 Å². The highest BCUT2D eigenvalue weighted by Crippen LogP contribution is 2.36. The largest absolute Gasteiger partial charge is 0.497 e. The summed E-state index contributed by atoms with van der Waals surface area (Å²) in [4.78, 5) is 4.67. The monoisotopic (exact) mass is 592 g/mol. The molecular formula is C39H36N4O2. The number of rotatable bonds is 9. The Labute approximate surface area is 263 Å². The second kappa shape index (κ2) is 12.0. The molecule has 0 spiro atoms. The minimum atomic E-state index is 0.627. The van der Waals surface area contributed by atoms with Crippen LogP contribution in [0.25, 0.3) is 44.4 Å². The third kappa shape index (κ3) is 5.44. The van der Waals surface area contributed by atoms with Crippen molar-refractivity contribution in [3.8, 4) is 39.9 Å². The van der Waals surface area contributed by atoms with Crippen LogP contribution in [0.1, 0.15) is 31.4 Å². The maximum Gasteiger partial charge on any atom is 0.141 e. The smallest absolute Gasteiger partial charge is 0.141 e. The summed E-state index contributed by atoms with van der Waals surface area (Å²) in [6, 6.07) is 33.0. The normalized spacial score (nSPS) is 12.1. The fourth-order valence-electron chi connectivity index (χ4n) is 6.16. The van der Waals surface area contributed by atoms with Crippen LogP contribution in [0.4, 0.5) is 0 Å². The van der Waals surface area contributed by atoms with Gasteiger partial charge in [-0.2, -0.15) is 5.10 Å². The Morgan fingerprint density at radius 1 is 0.800 bits per heavy atom. The number of fused-ring (bicyclic) bond motifs is 3. The van der Waals surface area contributed by atoms with Gasteiger partial charge in [-0.3, -0.25) is 4.57 Å². The molecule has 3 aromatic heterocycles. The van der Waals surface area contributed by atoms with Crippen molar-refractivity contribution in [3.05, 3.63) is 127 Å². The third-order valence-corrected chi connectivity index (χ3v) is 8.64. The summed E-state index contributed by atoms with van der Waals surface area (Å²) >= 11 is 0. The van der Waals surface area contributed by atoms with Crippen LogP contribution < -0.4 is 9.47 Å². The van der Waals surface area contributed by atoms with Gasteiger partial charge in [0.05, 0.1) is 30.0 Å². The molecule has 0 saturated heterocycles. The molecule has 0 amide bonds. The molecule has 0 fully saturated rings. The molecule has 0 aliphatic carbocycles. The van der Waals surface area contributed by atoms with Gasteiger partial charge in [-0.05, 0) is 72.4 Å². The second-order valence-corrected chi connectivity index (χ2v) is 11.7. The summed E-state index contributed by atoms with van der Waals surface area (Å²) in [7, 11) is 1.67. The summed E-state index contributed by atoms with van der Waals surface area (Å²) in [5.41, 5.74) is 8.07. The number of methoxy groups -OCH3 is 1. The van der Waals surface area contributed by atoms with Crippen molar-refractivity contribution in [1.29, 1.82) is 0 Å². The lowest BCUT2D eigenvalue weighted by Crippen LogP contribution is -2.01. The summed E-state index contributed by atoms with van der Waals surface area (Å²) < 4.78 is 16.1. The van der Waals surface area contributed by atoms with Crippen LogP contribution >= 0.6 is 0 Å². The summed E-state index contributed by atoms with van der Waals surface area (Å²) in [5, 5.41) is 7.04. The van der Waals surface area contributed by atoms with Crippen molar-refractivity contribution < 1.29 is 9.47 Å². The molecule has 7 rings (SSSR count). The van der Waals surface area contributed by atoms with E-state index >= 15 is 0 Å². The van der Waals surface area contributed by atoms with E-state index in [0.29, 0.717) is 5.92 Å². The van der Waals surface area contributed by atoms with Gasteiger partial charge < -0.3 is 9.47 Å². The number of hydrogen-bond acceptors (Lipinski definition) is 4. The number of pyridine rings is 1. The van der Waals surface area contributed by atoms with E-state index < -0.39 is 0 Å². The Morgan fingerprint density at radius 2 is 1.62 bits per heavy atom. The van der Waals surface area contributed by atoms with Crippen molar-refractivity contribution in [1.82, 2.24) is 19.3 Å². The second-order valence-electron chi connectivity index (χ2n) is 11.7. The summed E-state index contributed by atoms with van der Waals surface area (Å²) in [6.07, 6.45) is 8.07. The standard InChI is InChI=1S/C39H36N4O2/c1-5-26(2)20-28-11-8-10-27(3)39(28)29-24-41-42(25-29)30-12-9-13-32(21-30)45-33-16-17-35-34-14-6-7-15-36(34)43(37(35)22-33)38-23-31(44-4)18-19-40-38/h6-19,21-26H,5,20H2,1-4H3. The highest BCUT2D eigenvalue weighted by molar-refractivity contribution is 6.09. The van der Waals surface area contributed by atoms with E-state index in [1.165, 1.54) is 16.7 Å². The molecule has 0 aliphatic rings. The van der Waals surface area contributed by atoms with E-state index in [1.807, 2.05) is 53.3 Å². The molecule has 6 nitrogen and oxygen atoms in total. The summed E-state index contributed by atoms with van der Waals surface area (Å²) in [5.74, 6) is 3.64. The van der Waals surface area contributed by atoms with E-state index in [9.17, 15) is 0 Å². The average molecular weight is 593 g/mol. The van der Waals surface area contributed by atoms with E-state index in [-0.39, 0.29) is 0 Å². The molecule has 0 N–H and O–H groups in total. The van der Waals surface area contributed by atoms with Gasteiger partial charge in [-0.25, -0.2) is 9.67 Å². The number of para-hydroxylation sites is 1. The van der Waals surface area contributed by atoms with E-state index in [2.05, 4.69) is 91.1 Å². The Hall–Kier alpha value is -5.36. The van der Waals surface area contributed by atoms with Gasteiger partial charge >= 0.3 is 0 Å². The third-order valence-electron chi connectivity index (χ3n) is 8.64. The van der Waals surface area contributed by atoms with Gasteiger partial charge in [0.1, 0.15) is 23.1 Å². The number of benzene rings is 4. The number of ether oxygens (including phenoxy) is 2. The van der Waals surface area contributed by atoms with Crippen molar-refractivity contribution >= 4 is 21.8 Å². The van der Waals surface area contributed by atoms with Gasteiger partial charge in [0.2, 0.25) is 0 Å². The molecule has 3 heterocycles. The number of aromatic nitrogens is 4. The number of hydrogen-bond donors (Lipinski definition) is 0. The van der Waals surface area contributed by atoms with Crippen molar-refractivity contribution in [2.75, 3.05) is 7.11 Å². The van der Waals surface area contributed by atoms with E-state index in [0.717, 1.165) is 69.0 Å². The van der Waals surface area contributed by atoms with Crippen LogP contribution in [-0.2, 0) is 6.42 Å². The maximum absolute atomic E-state index is 6.47. The first kappa shape index (κ1) is 28.4. The Balaban J connectivity index is 1.22. The average Bonchev–Trinajstić information content (AvgIpc) is 3.68. The van der Waals surface area contributed by atoms with Gasteiger partial charge in [0, 0.05) is 46.9 Å². The first-order valence-electron chi connectivity index (χ1n) is 15.5. The van der Waals surface area contributed by atoms with Crippen LogP contribution in [0.3, 0.4) is 0 Å². The van der Waals surface area contributed by atoms with Crippen LogP contribution in [0.2, 0.25) is 0 Å². The minimum Gasteiger partial charge on any atom is -0.497 e. The Morgan fingerprint density at radius 3 is 2.49 bits per heavy atom. The lowest BCUT2D eigenvalue weighted by atomic mass is 9.90. The predicted molar refractivity (Wildman–Crippen MR) is 182 cm³/mol. The maximum atomic E-state index is 6.47. The predicted octanol–water partition coefficient (Wildman–Crippen LogP) is 9.73. The Kier molecular flexibility index (Phi) is 7.55. The quantitative estimate of drug-likeness (QED) is 0.167. The summed E-state index contributed by atoms with van der Waals surface area (Å²) in [6.45, 7) is 6.75. The molecule has 0 aliphatic heterocycles. The first-order chi connectivity index (χ1) is 22.0. The van der Waals surface area contributed by atoms with Crippen molar-refractivity contribution in [2.45, 2.75) is 33.6 Å².